The lowest BCUT2D eigenvalue weighted by molar-refractivity contribution is -0.130. The number of hydrogen-bond donors (Lipinski definition) is 0. The van der Waals surface area contributed by atoms with Gasteiger partial charge < -0.3 is 4.90 Å². The molecule has 1 atom stereocenters. The Hall–Kier alpha value is -0.0600. The van der Waals surface area contributed by atoms with Crippen molar-refractivity contribution in [1.82, 2.24) is 4.90 Å². The topological polar surface area (TPSA) is 20.3 Å². The summed E-state index contributed by atoms with van der Waals surface area (Å²) in [5, 5.41) is 1.41. The van der Waals surface area contributed by atoms with Gasteiger partial charge in [-0.1, -0.05) is 12.8 Å². The van der Waals surface area contributed by atoms with Crippen LogP contribution in [0.3, 0.4) is 0 Å². The van der Waals surface area contributed by atoms with E-state index in [1.807, 2.05) is 16.3 Å². The van der Waals surface area contributed by atoms with E-state index in [1.54, 1.807) is 0 Å². The van der Waals surface area contributed by atoms with Gasteiger partial charge in [0, 0.05) is 22.4 Å². The van der Waals surface area contributed by atoms with Gasteiger partial charge in [0.1, 0.15) is 5.38 Å². The average Bonchev–Trinajstić information content (AvgIpc) is 2.60. The van der Waals surface area contributed by atoms with Crippen LogP contribution in [-0.4, -0.2) is 23.9 Å². The summed E-state index contributed by atoms with van der Waals surface area (Å²) in [5.41, 5.74) is 0. The number of likely N-dealkylation sites (tertiary alicyclic amines) is 1. The molecule has 0 spiro atoms. The highest BCUT2D eigenvalue weighted by atomic mass is 79.9. The molecule has 5 heteroatoms. The van der Waals surface area contributed by atoms with E-state index < -0.39 is 5.38 Å². The molecule has 1 fully saturated rings. The van der Waals surface area contributed by atoms with E-state index in [9.17, 15) is 4.79 Å². The van der Waals surface area contributed by atoms with Crippen LogP contribution in [0.1, 0.15) is 35.9 Å². The van der Waals surface area contributed by atoms with E-state index in [1.165, 1.54) is 24.2 Å². The third kappa shape index (κ3) is 3.24. The van der Waals surface area contributed by atoms with Crippen LogP contribution < -0.4 is 0 Å². The van der Waals surface area contributed by atoms with Gasteiger partial charge in [-0.2, -0.15) is 0 Å². The first-order valence-corrected chi connectivity index (χ1v) is 7.97. The van der Waals surface area contributed by atoms with Crippen LogP contribution in [0.4, 0.5) is 0 Å². The Morgan fingerprint density at radius 3 is 2.53 bits per heavy atom. The number of amides is 1. The Labute approximate surface area is 119 Å². The number of alkyl halides is 1. The minimum Gasteiger partial charge on any atom is -0.341 e. The summed E-state index contributed by atoms with van der Waals surface area (Å²) >= 11 is 11.2. The predicted molar refractivity (Wildman–Crippen MR) is 75.7 cm³/mol. The second-order valence-corrected chi connectivity index (χ2v) is 6.47. The van der Waals surface area contributed by atoms with Crippen molar-refractivity contribution in [3.05, 3.63) is 20.8 Å². The molecule has 0 N–H and O–H groups in total. The van der Waals surface area contributed by atoms with Crippen molar-refractivity contribution in [2.75, 3.05) is 13.1 Å². The summed E-state index contributed by atoms with van der Waals surface area (Å²) in [5.74, 6) is 0.0525. The Bertz CT molecular complexity index is 388. The first-order chi connectivity index (χ1) is 8.20. The lowest BCUT2D eigenvalue weighted by atomic mass is 10.2. The molecule has 1 aliphatic rings. The zero-order valence-corrected chi connectivity index (χ0v) is 12.7. The highest BCUT2D eigenvalue weighted by molar-refractivity contribution is 9.10. The van der Waals surface area contributed by atoms with E-state index in [-0.39, 0.29) is 5.91 Å². The molecule has 0 aliphatic carbocycles. The van der Waals surface area contributed by atoms with Crippen molar-refractivity contribution in [1.29, 1.82) is 0 Å². The number of hydrogen-bond acceptors (Lipinski definition) is 2. The first kappa shape index (κ1) is 13.4. The molecule has 1 unspecified atom stereocenters. The molecule has 0 saturated carbocycles. The molecule has 2 rings (SSSR count). The van der Waals surface area contributed by atoms with E-state index in [0.29, 0.717) is 0 Å². The van der Waals surface area contributed by atoms with E-state index in [2.05, 4.69) is 15.9 Å². The third-order valence-corrected chi connectivity index (χ3v) is 5.48. The quantitative estimate of drug-likeness (QED) is 0.741. The standard InChI is InChI=1S/C12H15BrClNOS/c13-9-5-8-17-11(9)10(14)12(16)15-6-3-1-2-4-7-15/h5,8,10H,1-4,6-7H2. The summed E-state index contributed by atoms with van der Waals surface area (Å²) in [4.78, 5) is 15.1. The smallest absolute Gasteiger partial charge is 0.246 e. The van der Waals surface area contributed by atoms with Gasteiger partial charge in [-0.3, -0.25) is 4.79 Å². The summed E-state index contributed by atoms with van der Waals surface area (Å²) in [6, 6.07) is 1.94. The fourth-order valence-electron chi connectivity index (χ4n) is 2.05. The van der Waals surface area contributed by atoms with Gasteiger partial charge in [-0.25, -0.2) is 0 Å². The maximum atomic E-state index is 12.3. The SMILES string of the molecule is O=C(C(Cl)c1sccc1Br)N1CCCCCC1. The third-order valence-electron chi connectivity index (χ3n) is 3.01. The van der Waals surface area contributed by atoms with Gasteiger partial charge in [0.15, 0.2) is 0 Å². The number of rotatable bonds is 2. The van der Waals surface area contributed by atoms with Gasteiger partial charge in [0.05, 0.1) is 0 Å². The lowest BCUT2D eigenvalue weighted by Gasteiger charge is -2.22. The maximum Gasteiger partial charge on any atom is 0.246 e. The highest BCUT2D eigenvalue weighted by Crippen LogP contribution is 2.34. The lowest BCUT2D eigenvalue weighted by Crippen LogP contribution is -2.34. The van der Waals surface area contributed by atoms with Crippen LogP contribution in [0.25, 0.3) is 0 Å². The molecule has 17 heavy (non-hydrogen) atoms. The van der Waals surface area contributed by atoms with Gasteiger partial charge >= 0.3 is 0 Å². The second-order valence-electron chi connectivity index (χ2n) is 4.23. The van der Waals surface area contributed by atoms with Crippen molar-refractivity contribution in [3.8, 4) is 0 Å². The molecular weight excluding hydrogens is 322 g/mol. The molecule has 2 heterocycles. The fraction of sp³-hybridized carbons (Fsp3) is 0.583. The molecule has 1 aliphatic heterocycles. The molecule has 0 aromatic carbocycles. The predicted octanol–water partition coefficient (Wildman–Crippen LogP) is 4.19. The highest BCUT2D eigenvalue weighted by Gasteiger charge is 2.26. The zero-order chi connectivity index (χ0) is 12.3. The monoisotopic (exact) mass is 335 g/mol. The van der Waals surface area contributed by atoms with Crippen LogP contribution >= 0.6 is 38.9 Å². The van der Waals surface area contributed by atoms with E-state index in [0.717, 1.165) is 35.3 Å². The Morgan fingerprint density at radius 2 is 2.00 bits per heavy atom. The number of halogens is 2. The van der Waals surface area contributed by atoms with Crippen LogP contribution in [0.15, 0.2) is 15.9 Å². The molecule has 0 bridgehead atoms. The average molecular weight is 337 g/mol. The van der Waals surface area contributed by atoms with Gasteiger partial charge in [0.25, 0.3) is 0 Å². The minimum absolute atomic E-state index is 0.0525. The van der Waals surface area contributed by atoms with Crippen LogP contribution in [0.2, 0.25) is 0 Å². The molecule has 1 amide bonds. The molecule has 2 nitrogen and oxygen atoms in total. The van der Waals surface area contributed by atoms with Gasteiger partial charge in [-0.15, -0.1) is 22.9 Å². The minimum atomic E-state index is -0.539. The summed E-state index contributed by atoms with van der Waals surface area (Å²) in [6.45, 7) is 1.70. The molecule has 0 radical (unpaired) electrons. The molecule has 1 aromatic rings. The molecular formula is C12H15BrClNOS. The number of thiophene rings is 1. The van der Waals surface area contributed by atoms with Crippen molar-refractivity contribution in [3.63, 3.8) is 0 Å². The van der Waals surface area contributed by atoms with Crippen LogP contribution in [-0.2, 0) is 4.79 Å². The molecule has 1 saturated heterocycles. The van der Waals surface area contributed by atoms with Gasteiger partial charge in [0.2, 0.25) is 5.91 Å². The van der Waals surface area contributed by atoms with Gasteiger partial charge in [-0.05, 0) is 40.2 Å². The first-order valence-electron chi connectivity index (χ1n) is 5.86. The number of carbonyl (C=O) groups is 1. The number of nitrogens with zero attached hydrogens (tertiary/aromatic N) is 1. The Balaban J connectivity index is 2.06. The fourth-order valence-corrected chi connectivity index (χ4v) is 4.16. The zero-order valence-electron chi connectivity index (χ0n) is 9.49. The Kier molecular flexibility index (Phi) is 4.88. The maximum absolute atomic E-state index is 12.3. The van der Waals surface area contributed by atoms with Crippen molar-refractivity contribution in [2.45, 2.75) is 31.1 Å². The second kappa shape index (κ2) is 6.21. The van der Waals surface area contributed by atoms with Crippen molar-refractivity contribution >= 4 is 44.8 Å². The summed E-state index contributed by atoms with van der Waals surface area (Å²) in [6.07, 6.45) is 4.64. The Morgan fingerprint density at radius 1 is 1.35 bits per heavy atom. The molecule has 94 valence electrons. The van der Waals surface area contributed by atoms with Crippen LogP contribution in [0, 0.1) is 0 Å². The number of carbonyl (C=O) groups excluding carboxylic acids is 1. The van der Waals surface area contributed by atoms with Crippen LogP contribution in [0.5, 0.6) is 0 Å². The van der Waals surface area contributed by atoms with E-state index >= 15 is 0 Å². The molecule has 1 aromatic heterocycles. The largest absolute Gasteiger partial charge is 0.341 e. The van der Waals surface area contributed by atoms with Crippen molar-refractivity contribution in [2.24, 2.45) is 0 Å². The summed E-state index contributed by atoms with van der Waals surface area (Å²) < 4.78 is 0.936. The summed E-state index contributed by atoms with van der Waals surface area (Å²) in [7, 11) is 0. The normalized spacial score (nSPS) is 18.8. The van der Waals surface area contributed by atoms with E-state index in [4.69, 9.17) is 11.6 Å². The van der Waals surface area contributed by atoms with Crippen molar-refractivity contribution < 1.29 is 4.79 Å².